The number of ether oxygens (including phenoxy) is 3. The Bertz CT molecular complexity index is 711. The van der Waals surface area contributed by atoms with Crippen molar-refractivity contribution in [3.8, 4) is 17.2 Å². The van der Waals surface area contributed by atoms with Crippen LogP contribution in [0.4, 0.5) is 0 Å². The van der Waals surface area contributed by atoms with Crippen LogP contribution < -0.4 is 25.0 Å². The fourth-order valence-corrected chi connectivity index (χ4v) is 3.38. The van der Waals surface area contributed by atoms with Gasteiger partial charge in [-0.3, -0.25) is 4.79 Å². The first-order valence-corrected chi connectivity index (χ1v) is 8.83. The molecule has 1 saturated carbocycles. The number of rotatable bonds is 6. The molecule has 1 fully saturated rings. The van der Waals surface area contributed by atoms with Gasteiger partial charge in [-0.15, -0.1) is 0 Å². The Morgan fingerprint density at radius 3 is 2.31 bits per heavy atom. The summed E-state index contributed by atoms with van der Waals surface area (Å²) in [6, 6.07) is 3.98. The largest absolute Gasteiger partial charge is 0.493 e. The lowest BCUT2D eigenvalue weighted by Crippen LogP contribution is -2.28. The highest BCUT2D eigenvalue weighted by Crippen LogP contribution is 2.39. The fraction of sp³-hybridized carbons (Fsp3) is 0.474. The van der Waals surface area contributed by atoms with Crippen molar-refractivity contribution in [3.63, 3.8) is 0 Å². The Balaban J connectivity index is 1.90. The summed E-state index contributed by atoms with van der Waals surface area (Å²) in [5, 5.41) is 7.58. The molecule has 1 aromatic rings. The van der Waals surface area contributed by atoms with Crippen LogP contribution in [0.5, 0.6) is 17.2 Å². The number of nitrogens with zero attached hydrogens (tertiary/aromatic N) is 1. The predicted molar refractivity (Wildman–Crippen MR) is 98.9 cm³/mol. The molecule has 0 spiro atoms. The zero-order chi connectivity index (χ0) is 18.5. The SMILES string of the molecule is COc1cc(C2=NNC(=O)/C2=C\NC2CCCCC2)cc(OC)c1OC. The first-order chi connectivity index (χ1) is 12.7. The third-order valence-electron chi connectivity index (χ3n) is 4.78. The van der Waals surface area contributed by atoms with E-state index in [4.69, 9.17) is 14.2 Å². The van der Waals surface area contributed by atoms with E-state index < -0.39 is 0 Å². The van der Waals surface area contributed by atoms with E-state index in [1.807, 2.05) is 0 Å². The Labute approximate surface area is 153 Å². The number of hydrogen-bond donors (Lipinski definition) is 2. The number of carbonyl (C=O) groups is 1. The van der Waals surface area contributed by atoms with Gasteiger partial charge in [0, 0.05) is 17.8 Å². The minimum atomic E-state index is -0.225. The summed E-state index contributed by atoms with van der Waals surface area (Å²) in [5.41, 5.74) is 4.31. The van der Waals surface area contributed by atoms with Gasteiger partial charge in [-0.25, -0.2) is 5.43 Å². The third kappa shape index (κ3) is 3.61. The first-order valence-electron chi connectivity index (χ1n) is 8.83. The molecule has 140 valence electrons. The minimum Gasteiger partial charge on any atom is -0.493 e. The highest BCUT2D eigenvalue weighted by Gasteiger charge is 2.27. The normalized spacial score (nSPS) is 19.1. The average molecular weight is 359 g/mol. The van der Waals surface area contributed by atoms with Gasteiger partial charge in [0.05, 0.1) is 26.9 Å². The molecule has 2 aliphatic rings. The van der Waals surface area contributed by atoms with Gasteiger partial charge in [0.2, 0.25) is 5.75 Å². The van der Waals surface area contributed by atoms with Crippen molar-refractivity contribution in [2.75, 3.05) is 21.3 Å². The van der Waals surface area contributed by atoms with Crippen molar-refractivity contribution in [2.45, 2.75) is 38.1 Å². The maximum atomic E-state index is 12.2. The fourth-order valence-electron chi connectivity index (χ4n) is 3.38. The molecule has 0 atom stereocenters. The summed E-state index contributed by atoms with van der Waals surface area (Å²) in [5.74, 6) is 1.31. The summed E-state index contributed by atoms with van der Waals surface area (Å²) in [6.45, 7) is 0. The Hall–Kier alpha value is -2.70. The second-order valence-corrected chi connectivity index (χ2v) is 6.37. The number of nitrogens with one attached hydrogen (secondary N) is 2. The van der Waals surface area contributed by atoms with E-state index in [0.29, 0.717) is 34.6 Å². The van der Waals surface area contributed by atoms with Crippen LogP contribution in [0, 0.1) is 0 Å². The molecule has 2 N–H and O–H groups in total. The molecule has 7 nitrogen and oxygen atoms in total. The minimum absolute atomic E-state index is 0.225. The highest BCUT2D eigenvalue weighted by atomic mass is 16.5. The van der Waals surface area contributed by atoms with Crippen LogP contribution in [0.1, 0.15) is 37.7 Å². The Morgan fingerprint density at radius 2 is 1.73 bits per heavy atom. The van der Waals surface area contributed by atoms with Gasteiger partial charge in [0.25, 0.3) is 5.91 Å². The number of hydrazone groups is 1. The quantitative estimate of drug-likeness (QED) is 0.762. The molecule has 3 rings (SSSR count). The molecule has 0 bridgehead atoms. The van der Waals surface area contributed by atoms with E-state index in [1.165, 1.54) is 19.3 Å². The van der Waals surface area contributed by atoms with Gasteiger partial charge in [0.1, 0.15) is 5.71 Å². The summed E-state index contributed by atoms with van der Waals surface area (Å²) in [7, 11) is 4.67. The maximum Gasteiger partial charge on any atom is 0.275 e. The smallest absolute Gasteiger partial charge is 0.275 e. The molecule has 0 saturated heterocycles. The van der Waals surface area contributed by atoms with Gasteiger partial charge in [-0.2, -0.15) is 5.10 Å². The monoisotopic (exact) mass is 359 g/mol. The summed E-state index contributed by atoms with van der Waals surface area (Å²) in [6.07, 6.45) is 7.76. The van der Waals surface area contributed by atoms with E-state index >= 15 is 0 Å². The summed E-state index contributed by atoms with van der Waals surface area (Å²) >= 11 is 0. The molecule has 0 unspecified atom stereocenters. The Morgan fingerprint density at radius 1 is 1.08 bits per heavy atom. The van der Waals surface area contributed by atoms with Crippen molar-refractivity contribution in [3.05, 3.63) is 29.5 Å². The van der Waals surface area contributed by atoms with Crippen molar-refractivity contribution in [1.82, 2.24) is 10.7 Å². The lowest BCUT2D eigenvalue weighted by molar-refractivity contribution is -0.116. The zero-order valence-corrected chi connectivity index (χ0v) is 15.4. The number of amides is 1. The summed E-state index contributed by atoms with van der Waals surface area (Å²) < 4.78 is 16.1. The van der Waals surface area contributed by atoms with Crippen LogP contribution in [-0.2, 0) is 4.79 Å². The lowest BCUT2D eigenvalue weighted by Gasteiger charge is -2.22. The second-order valence-electron chi connectivity index (χ2n) is 6.37. The van der Waals surface area contributed by atoms with Crippen molar-refractivity contribution in [1.29, 1.82) is 0 Å². The number of carbonyl (C=O) groups excluding carboxylic acids is 1. The molecular formula is C19H25N3O4. The molecule has 1 aromatic carbocycles. The van der Waals surface area contributed by atoms with Gasteiger partial charge < -0.3 is 19.5 Å². The number of hydrogen-bond acceptors (Lipinski definition) is 6. The van der Waals surface area contributed by atoms with Crippen molar-refractivity contribution >= 4 is 11.6 Å². The lowest BCUT2D eigenvalue weighted by atomic mass is 9.95. The second kappa shape index (κ2) is 8.12. The van der Waals surface area contributed by atoms with E-state index in [2.05, 4.69) is 15.8 Å². The predicted octanol–water partition coefficient (Wildman–Crippen LogP) is 2.35. The van der Waals surface area contributed by atoms with Crippen LogP contribution >= 0.6 is 0 Å². The van der Waals surface area contributed by atoms with Crippen molar-refractivity contribution in [2.24, 2.45) is 5.10 Å². The number of benzene rings is 1. The van der Waals surface area contributed by atoms with Gasteiger partial charge >= 0.3 is 0 Å². The maximum absolute atomic E-state index is 12.2. The van der Waals surface area contributed by atoms with Crippen LogP contribution in [0.25, 0.3) is 0 Å². The van der Waals surface area contributed by atoms with Crippen LogP contribution in [0.15, 0.2) is 29.0 Å². The molecule has 26 heavy (non-hydrogen) atoms. The average Bonchev–Trinajstić information content (AvgIpc) is 3.06. The molecule has 7 heteroatoms. The molecule has 0 radical (unpaired) electrons. The highest BCUT2D eigenvalue weighted by molar-refractivity contribution is 6.31. The van der Waals surface area contributed by atoms with E-state index in [9.17, 15) is 4.79 Å². The van der Waals surface area contributed by atoms with Gasteiger partial charge in [0.15, 0.2) is 11.5 Å². The topological polar surface area (TPSA) is 81.2 Å². The van der Waals surface area contributed by atoms with E-state index in [0.717, 1.165) is 18.4 Å². The Kier molecular flexibility index (Phi) is 5.65. The molecule has 1 aliphatic heterocycles. The standard InChI is InChI=1S/C19H25N3O4/c1-24-15-9-12(10-16(25-2)18(15)26-3)17-14(19(23)22-21-17)11-20-13-7-5-4-6-8-13/h9-11,13,20H,4-8H2,1-3H3,(H,22,23)/b14-11-. The third-order valence-corrected chi connectivity index (χ3v) is 4.78. The molecule has 1 heterocycles. The van der Waals surface area contributed by atoms with Gasteiger partial charge in [-0.1, -0.05) is 19.3 Å². The van der Waals surface area contributed by atoms with E-state index in [-0.39, 0.29) is 5.91 Å². The number of methoxy groups -OCH3 is 3. The molecule has 1 aliphatic carbocycles. The molecular weight excluding hydrogens is 334 g/mol. The molecule has 1 amide bonds. The van der Waals surface area contributed by atoms with E-state index in [1.54, 1.807) is 39.7 Å². The van der Waals surface area contributed by atoms with Gasteiger partial charge in [-0.05, 0) is 25.0 Å². The van der Waals surface area contributed by atoms with Crippen molar-refractivity contribution < 1.29 is 19.0 Å². The van der Waals surface area contributed by atoms with Crippen LogP contribution in [-0.4, -0.2) is 39.0 Å². The zero-order valence-electron chi connectivity index (χ0n) is 15.4. The first kappa shape index (κ1) is 18.1. The summed E-state index contributed by atoms with van der Waals surface area (Å²) in [4.78, 5) is 12.2. The van der Waals surface area contributed by atoms with Crippen LogP contribution in [0.2, 0.25) is 0 Å². The molecule has 0 aromatic heterocycles. The van der Waals surface area contributed by atoms with Crippen LogP contribution in [0.3, 0.4) is 0 Å².